The number of aromatic amines is 1. The Hall–Kier alpha value is -2.05. The van der Waals surface area contributed by atoms with Gasteiger partial charge in [0.1, 0.15) is 11.3 Å². The number of para-hydroxylation sites is 1. The van der Waals surface area contributed by atoms with E-state index in [1.165, 1.54) is 23.6 Å². The number of aliphatic hydroxyl groups is 1. The van der Waals surface area contributed by atoms with Crippen molar-refractivity contribution in [3.8, 4) is 0 Å². The number of hydrogen-bond donors (Lipinski definition) is 2. The first-order valence-corrected chi connectivity index (χ1v) is 14.2. The third-order valence-corrected chi connectivity index (χ3v) is 9.79. The van der Waals surface area contributed by atoms with Gasteiger partial charge in [0, 0.05) is 43.2 Å². The van der Waals surface area contributed by atoms with Gasteiger partial charge in [0.05, 0.1) is 28.7 Å². The molecule has 2 aromatic heterocycles. The number of H-pyrrole nitrogens is 1. The largest absolute Gasteiger partial charge is 0.377 e. The third-order valence-electron chi connectivity index (χ3n) is 5.90. The van der Waals surface area contributed by atoms with Crippen LogP contribution >= 0.6 is 23.5 Å². The highest BCUT2D eigenvalue weighted by Gasteiger charge is 2.33. The number of thioether (sulfide) groups is 2. The molecule has 2 N–H and O–H groups in total. The van der Waals surface area contributed by atoms with Crippen LogP contribution in [0.15, 0.2) is 58.7 Å². The van der Waals surface area contributed by atoms with Gasteiger partial charge in [0.15, 0.2) is 5.03 Å². The van der Waals surface area contributed by atoms with Gasteiger partial charge in [-0.15, -0.1) is 0 Å². The van der Waals surface area contributed by atoms with Crippen LogP contribution in [0.4, 0.5) is 5.69 Å². The van der Waals surface area contributed by atoms with E-state index in [2.05, 4.69) is 19.9 Å². The van der Waals surface area contributed by atoms with Gasteiger partial charge in [-0.1, -0.05) is 30.0 Å². The average Bonchev–Trinajstić information content (AvgIpc) is 3.51. The fourth-order valence-corrected chi connectivity index (χ4v) is 7.24. The lowest BCUT2D eigenvalue weighted by Crippen LogP contribution is -2.46. The van der Waals surface area contributed by atoms with E-state index in [9.17, 15) is 13.5 Å². The second-order valence-corrected chi connectivity index (χ2v) is 12.3. The number of benzene rings is 1. The summed E-state index contributed by atoms with van der Waals surface area (Å²) in [5.74, 6) is 2.09. The monoisotopic (exact) mass is 503 g/mol. The summed E-state index contributed by atoms with van der Waals surface area (Å²) in [6.07, 6.45) is 0.948. The number of hydrogen-bond acceptors (Lipinski definition) is 8. The van der Waals surface area contributed by atoms with E-state index in [0.29, 0.717) is 12.2 Å². The van der Waals surface area contributed by atoms with Gasteiger partial charge in [-0.2, -0.15) is 20.2 Å². The molecule has 0 bridgehead atoms. The number of aliphatic hydroxyl groups excluding tert-OH is 1. The first-order valence-electron chi connectivity index (χ1n) is 10.7. The van der Waals surface area contributed by atoms with Gasteiger partial charge >= 0.3 is 0 Å². The van der Waals surface area contributed by atoms with Crippen LogP contribution in [0.3, 0.4) is 0 Å². The Kier molecular flexibility index (Phi) is 6.41. The number of pyridine rings is 1. The van der Waals surface area contributed by atoms with Crippen molar-refractivity contribution in [2.45, 2.75) is 16.5 Å². The van der Waals surface area contributed by atoms with Crippen molar-refractivity contribution >= 4 is 55.2 Å². The standard InChI is InChI=1S/C22H25N5O3S3/c1-26(33(29,30)19-7-2-3-8-23-19)17-6-4-5-15-13-16(25-20(15)17)21-24-14-18(32-21)22(28)27-9-11-31-12-10-27/h2-8,13,18,22,25,28H,9-12,14H2,1H3. The topological polar surface area (TPSA) is 102 Å². The molecule has 174 valence electrons. The Labute approximate surface area is 201 Å². The van der Waals surface area contributed by atoms with Gasteiger partial charge in [-0.05, 0) is 24.3 Å². The first kappa shape index (κ1) is 22.7. The fourth-order valence-electron chi connectivity index (χ4n) is 4.06. The number of fused-ring (bicyclic) bond motifs is 1. The highest BCUT2D eigenvalue weighted by Crippen LogP contribution is 2.34. The summed E-state index contributed by atoms with van der Waals surface area (Å²) < 4.78 is 27.4. The zero-order valence-corrected chi connectivity index (χ0v) is 20.5. The van der Waals surface area contributed by atoms with Gasteiger partial charge in [-0.3, -0.25) is 14.2 Å². The molecule has 11 heteroatoms. The van der Waals surface area contributed by atoms with Crippen LogP contribution in [-0.4, -0.2) is 83.1 Å². The molecule has 1 aromatic carbocycles. The maximum Gasteiger partial charge on any atom is 0.281 e. The molecular weight excluding hydrogens is 478 g/mol. The van der Waals surface area contributed by atoms with Crippen LogP contribution in [0, 0.1) is 0 Å². The molecule has 0 saturated carbocycles. The predicted octanol–water partition coefficient (Wildman–Crippen LogP) is 2.62. The average molecular weight is 504 g/mol. The second-order valence-electron chi connectivity index (χ2n) is 7.93. The van der Waals surface area contributed by atoms with Gasteiger partial charge < -0.3 is 10.1 Å². The molecule has 4 heterocycles. The van der Waals surface area contributed by atoms with Crippen molar-refractivity contribution in [1.29, 1.82) is 0 Å². The number of anilines is 1. The van der Waals surface area contributed by atoms with Gasteiger partial charge in [0.2, 0.25) is 0 Å². The van der Waals surface area contributed by atoms with Crippen molar-refractivity contribution in [3.63, 3.8) is 0 Å². The highest BCUT2D eigenvalue weighted by molar-refractivity contribution is 8.15. The van der Waals surface area contributed by atoms with Crippen molar-refractivity contribution in [3.05, 3.63) is 54.4 Å². The minimum absolute atomic E-state index is 0.0000479. The molecule has 33 heavy (non-hydrogen) atoms. The summed E-state index contributed by atoms with van der Waals surface area (Å²) in [5, 5.41) is 12.5. The van der Waals surface area contributed by atoms with E-state index in [1.54, 1.807) is 30.0 Å². The molecule has 2 aliphatic rings. The summed E-state index contributed by atoms with van der Waals surface area (Å²) >= 11 is 3.49. The minimum atomic E-state index is -3.80. The Morgan fingerprint density at radius 2 is 2.03 bits per heavy atom. The minimum Gasteiger partial charge on any atom is -0.377 e. The Morgan fingerprint density at radius 1 is 1.21 bits per heavy atom. The fraction of sp³-hybridized carbons (Fsp3) is 0.364. The van der Waals surface area contributed by atoms with E-state index in [0.717, 1.165) is 46.2 Å². The number of aromatic nitrogens is 2. The Morgan fingerprint density at radius 3 is 2.79 bits per heavy atom. The summed E-state index contributed by atoms with van der Waals surface area (Å²) in [5.41, 5.74) is 2.08. The van der Waals surface area contributed by atoms with Crippen LogP contribution < -0.4 is 4.31 Å². The normalized spacial score (nSPS) is 20.7. The number of aliphatic imine (C=N–C) groups is 1. The van der Waals surface area contributed by atoms with Gasteiger partial charge in [-0.25, -0.2) is 4.98 Å². The highest BCUT2D eigenvalue weighted by atomic mass is 32.2. The zero-order chi connectivity index (χ0) is 23.0. The molecular formula is C22H25N5O3S3. The quantitative estimate of drug-likeness (QED) is 0.533. The first-order chi connectivity index (χ1) is 15.9. The van der Waals surface area contributed by atoms with Crippen LogP contribution in [0.1, 0.15) is 5.69 Å². The van der Waals surface area contributed by atoms with E-state index in [1.807, 2.05) is 30.0 Å². The SMILES string of the molecule is CN(c1cccc2cc(C3=NCC(C(O)N4CCSCC4)S3)[nH]c12)S(=O)(=O)c1ccccn1. The van der Waals surface area contributed by atoms with E-state index in [4.69, 9.17) is 0 Å². The summed E-state index contributed by atoms with van der Waals surface area (Å²) in [6, 6.07) is 12.4. The summed E-state index contributed by atoms with van der Waals surface area (Å²) in [7, 11) is -2.27. The second kappa shape index (κ2) is 9.30. The van der Waals surface area contributed by atoms with Gasteiger partial charge in [0.25, 0.3) is 10.0 Å². The molecule has 3 aromatic rings. The summed E-state index contributed by atoms with van der Waals surface area (Å²) in [6.45, 7) is 2.34. The van der Waals surface area contributed by atoms with Crippen LogP contribution in [0.25, 0.3) is 10.9 Å². The molecule has 0 radical (unpaired) electrons. The molecule has 8 nitrogen and oxygen atoms in total. The maximum atomic E-state index is 13.1. The van der Waals surface area contributed by atoms with Crippen LogP contribution in [0.5, 0.6) is 0 Å². The zero-order valence-electron chi connectivity index (χ0n) is 18.1. The molecule has 2 unspecified atom stereocenters. The maximum absolute atomic E-state index is 13.1. The number of nitrogens with one attached hydrogen (secondary N) is 1. The lowest BCUT2D eigenvalue weighted by molar-refractivity contribution is 0.0117. The van der Waals surface area contributed by atoms with E-state index < -0.39 is 16.3 Å². The van der Waals surface area contributed by atoms with Crippen LogP contribution in [-0.2, 0) is 10.0 Å². The Bertz CT molecular complexity index is 1270. The smallest absolute Gasteiger partial charge is 0.281 e. The molecule has 0 amide bonds. The summed E-state index contributed by atoms with van der Waals surface area (Å²) in [4.78, 5) is 14.2. The molecule has 2 atom stereocenters. The molecule has 5 rings (SSSR count). The number of sulfonamides is 1. The lowest BCUT2D eigenvalue weighted by atomic mass is 10.2. The molecule has 1 saturated heterocycles. The predicted molar refractivity (Wildman–Crippen MR) is 136 cm³/mol. The van der Waals surface area contributed by atoms with Crippen molar-refractivity contribution < 1.29 is 13.5 Å². The van der Waals surface area contributed by atoms with E-state index >= 15 is 0 Å². The Balaban J connectivity index is 1.39. The van der Waals surface area contributed by atoms with Crippen molar-refractivity contribution in [2.24, 2.45) is 4.99 Å². The molecule has 0 spiro atoms. The van der Waals surface area contributed by atoms with E-state index in [-0.39, 0.29) is 10.3 Å². The third kappa shape index (κ3) is 4.40. The molecule has 1 fully saturated rings. The number of nitrogens with zero attached hydrogens (tertiary/aromatic N) is 4. The number of rotatable bonds is 6. The van der Waals surface area contributed by atoms with Crippen molar-refractivity contribution in [1.82, 2.24) is 14.9 Å². The van der Waals surface area contributed by atoms with Crippen molar-refractivity contribution in [2.75, 3.05) is 42.5 Å². The lowest BCUT2D eigenvalue weighted by Gasteiger charge is -2.33. The molecule has 2 aliphatic heterocycles. The molecule has 0 aliphatic carbocycles. The van der Waals surface area contributed by atoms with Crippen LogP contribution in [0.2, 0.25) is 0 Å².